The molecule has 0 radical (unpaired) electrons. The second-order valence-electron chi connectivity index (χ2n) is 3.11. The molecule has 0 aromatic heterocycles. The molecule has 0 heterocycles. The van der Waals surface area contributed by atoms with Crippen molar-refractivity contribution >= 4 is 23.9 Å². The summed E-state index contributed by atoms with van der Waals surface area (Å²) in [6.07, 6.45) is -9.24. The number of rotatable bonds is 6. The first-order valence-corrected chi connectivity index (χ1v) is 4.55. The van der Waals surface area contributed by atoms with Crippen LogP contribution in [0, 0.1) is 39.9 Å². The van der Waals surface area contributed by atoms with E-state index in [4.69, 9.17) is 35.7 Å². The zero-order valence-electron chi connectivity index (χ0n) is 9.98. The quantitative estimate of drug-likeness (QED) is 0.170. The molecule has 0 aliphatic carbocycles. The van der Waals surface area contributed by atoms with Gasteiger partial charge in [0.15, 0.2) is 18.3 Å². The Balaban J connectivity index is -0.000000295. The molecule has 7 N–H and O–H groups in total. The number of hydrogen-bond donors (Lipinski definition) is 7. The maximum Gasteiger partial charge on any atom is 0.335 e. The molecule has 4 unspecified atom stereocenters. The van der Waals surface area contributed by atoms with E-state index < -0.39 is 48.3 Å². The van der Waals surface area contributed by atoms with Gasteiger partial charge in [-0.3, -0.25) is 0 Å². The topological polar surface area (TPSA) is 233 Å². The van der Waals surface area contributed by atoms with Crippen LogP contribution in [0.25, 0.3) is 0 Å². The Hall–Kier alpha value is -0.955. The molecule has 0 saturated carbocycles. The molecule has 0 aromatic rings. The molecule has 0 spiro atoms. The van der Waals surface area contributed by atoms with Crippen molar-refractivity contribution in [3.8, 4) is 0 Å². The van der Waals surface area contributed by atoms with Gasteiger partial charge < -0.3 is 45.6 Å². The smallest absolute Gasteiger partial charge is 0.335 e. The van der Waals surface area contributed by atoms with E-state index in [9.17, 15) is 24.3 Å². The fraction of sp³-hybridized carbons (Fsp3) is 0.500. The van der Waals surface area contributed by atoms with E-state index in [1.165, 1.54) is 0 Å². The molecule has 0 rings (SSSR count). The summed E-state index contributed by atoms with van der Waals surface area (Å²) in [5.74, 6) is -7.36. The molecule has 13 heteroatoms. The van der Waals surface area contributed by atoms with Gasteiger partial charge in [-0.15, -0.1) is 0 Å². The fourth-order valence-corrected chi connectivity index (χ4v) is 0.534. The second-order valence-corrected chi connectivity index (χ2v) is 3.11. The number of carbonyl (C=O) groups excluding carboxylic acids is 1. The van der Waals surface area contributed by atoms with Crippen LogP contribution >= 0.6 is 0 Å². The van der Waals surface area contributed by atoms with E-state index in [2.05, 4.69) is 0 Å². The van der Waals surface area contributed by atoms with Gasteiger partial charge in [0.25, 0.3) is 0 Å². The zero-order valence-corrected chi connectivity index (χ0v) is 14.1. The molecule has 120 valence electrons. The van der Waals surface area contributed by atoms with Crippen LogP contribution in [0.2, 0.25) is 0 Å². The summed E-state index contributed by atoms with van der Waals surface area (Å²) in [6, 6.07) is 0. The molecular weight excluding hydrogens is 520 g/mol. The van der Waals surface area contributed by atoms with Crippen LogP contribution in [0.3, 0.4) is 0 Å². The van der Waals surface area contributed by atoms with Gasteiger partial charge in [-0.05, 0) is 0 Å². The summed E-state index contributed by atoms with van der Waals surface area (Å²) in [7, 11) is 0. The minimum atomic E-state index is -2.38. The molecule has 0 bridgehead atoms. The zero-order chi connectivity index (χ0) is 16.6. The van der Waals surface area contributed by atoms with Crippen LogP contribution < -0.4 is 5.11 Å². The number of carboxylic acids is 4. The number of aliphatic carboxylic acids is 4. The maximum atomic E-state index is 9.77. The molecule has 0 amide bonds. The molecule has 0 aliphatic heterocycles. The first-order chi connectivity index (χ1) is 8.93. The van der Waals surface area contributed by atoms with E-state index in [0.29, 0.717) is 0 Å². The Morgan fingerprint density at radius 2 is 0.810 bits per heavy atom. The summed E-state index contributed by atoms with van der Waals surface area (Å²) in [5.41, 5.74) is 0. The van der Waals surface area contributed by atoms with Crippen LogP contribution in [0.1, 0.15) is 0 Å². The van der Waals surface area contributed by atoms with Gasteiger partial charge in [-0.25, -0.2) is 14.4 Å². The summed E-state index contributed by atoms with van der Waals surface area (Å²) in [6.45, 7) is 0. The summed E-state index contributed by atoms with van der Waals surface area (Å²) in [4.78, 5) is 38.9. The van der Waals surface area contributed by atoms with Gasteiger partial charge in [0, 0.05) is 39.9 Å². The first kappa shape index (κ1) is 25.0. The van der Waals surface area contributed by atoms with Gasteiger partial charge in [-0.1, -0.05) is 0 Å². The average molecular weight is 531 g/mol. The predicted molar refractivity (Wildman–Crippen MR) is 51.9 cm³/mol. The predicted octanol–water partition coefficient (Wildman–Crippen LogP) is -5.58. The van der Waals surface area contributed by atoms with Crippen LogP contribution in [0.15, 0.2) is 0 Å². The Labute approximate surface area is 147 Å². The molecule has 0 aromatic carbocycles. The van der Waals surface area contributed by atoms with Crippen molar-refractivity contribution in [1.82, 2.24) is 0 Å². The molecule has 4 atom stereocenters. The Morgan fingerprint density at radius 1 is 0.619 bits per heavy atom. The van der Waals surface area contributed by atoms with E-state index in [1.54, 1.807) is 0 Å². The molecular formula is C8H11O12Th-. The minimum absolute atomic E-state index is 0. The van der Waals surface area contributed by atoms with Crippen molar-refractivity contribution in [1.29, 1.82) is 0 Å². The average Bonchev–Trinajstić information content (AvgIpc) is 2.35. The third-order valence-corrected chi connectivity index (χ3v) is 1.60. The first-order valence-electron chi connectivity index (χ1n) is 4.55. The molecule has 21 heavy (non-hydrogen) atoms. The van der Waals surface area contributed by atoms with Crippen LogP contribution in [-0.2, 0) is 19.2 Å². The van der Waals surface area contributed by atoms with E-state index in [1.807, 2.05) is 0 Å². The van der Waals surface area contributed by atoms with E-state index in [-0.39, 0.29) is 39.9 Å². The van der Waals surface area contributed by atoms with E-state index >= 15 is 0 Å². The summed E-state index contributed by atoms with van der Waals surface area (Å²) < 4.78 is 0. The maximum absolute atomic E-state index is 9.77. The van der Waals surface area contributed by atoms with E-state index in [0.717, 1.165) is 0 Å². The number of hydrogen-bond acceptors (Lipinski definition) is 9. The van der Waals surface area contributed by atoms with Crippen molar-refractivity contribution in [3.63, 3.8) is 0 Å². The number of carboxylic acid groups (broad SMARTS) is 4. The van der Waals surface area contributed by atoms with Crippen LogP contribution in [0.5, 0.6) is 0 Å². The van der Waals surface area contributed by atoms with Gasteiger partial charge in [-0.2, -0.15) is 0 Å². The number of aliphatic hydroxyl groups is 4. The molecule has 12 nitrogen and oxygen atoms in total. The second kappa shape index (κ2) is 11.7. The molecule has 0 fully saturated rings. The van der Waals surface area contributed by atoms with Gasteiger partial charge in [0.2, 0.25) is 0 Å². The number of carbonyl (C=O) groups is 4. The van der Waals surface area contributed by atoms with Crippen molar-refractivity contribution < 1.29 is 100.0 Å². The van der Waals surface area contributed by atoms with Crippen molar-refractivity contribution in [2.24, 2.45) is 0 Å². The standard InChI is InChI=1S/2C4H6O6.Th/c2*5-1(3(7)8)2(6)4(9)10;/h2*1-2,5-6H,(H,7,8)(H,9,10);/p-1. The van der Waals surface area contributed by atoms with Gasteiger partial charge in [0.05, 0.1) is 5.97 Å². The largest absolute Gasteiger partial charge is 0.547 e. The Bertz CT molecular complexity index is 309. The Kier molecular flexibility index (Phi) is 13.9. The van der Waals surface area contributed by atoms with Gasteiger partial charge in [0.1, 0.15) is 6.10 Å². The van der Waals surface area contributed by atoms with Crippen molar-refractivity contribution in [2.75, 3.05) is 0 Å². The van der Waals surface area contributed by atoms with Crippen molar-refractivity contribution in [3.05, 3.63) is 0 Å². The SMILES string of the molecule is O=C(O)C(O)C(O)C(=O)O.O=C([O-])C(O)C(O)C(=O)O.[Th]. The summed E-state index contributed by atoms with van der Waals surface area (Å²) in [5, 5.41) is 66.7. The Morgan fingerprint density at radius 3 is 0.905 bits per heavy atom. The summed E-state index contributed by atoms with van der Waals surface area (Å²) >= 11 is 0. The third-order valence-electron chi connectivity index (χ3n) is 1.60. The van der Waals surface area contributed by atoms with Crippen molar-refractivity contribution in [2.45, 2.75) is 24.4 Å². The molecule has 0 aliphatic rings. The normalized spacial score (nSPS) is 15.0. The van der Waals surface area contributed by atoms with Gasteiger partial charge >= 0.3 is 17.9 Å². The fourth-order valence-electron chi connectivity index (χ4n) is 0.534. The molecule has 0 saturated heterocycles. The number of aliphatic hydroxyl groups excluding tert-OH is 4. The van der Waals surface area contributed by atoms with Crippen LogP contribution in [-0.4, -0.2) is 84.0 Å². The minimum Gasteiger partial charge on any atom is -0.547 e. The monoisotopic (exact) mass is 531 g/mol. The van der Waals surface area contributed by atoms with Crippen LogP contribution in [0.4, 0.5) is 0 Å². The third kappa shape index (κ3) is 10.4.